The smallest absolute Gasteiger partial charge is 0.408 e. The molecule has 5 aliphatic rings. The van der Waals surface area contributed by atoms with Crippen molar-refractivity contribution in [2.75, 3.05) is 18.5 Å². The molecule has 5 aliphatic carbocycles. The van der Waals surface area contributed by atoms with Gasteiger partial charge in [-0.1, -0.05) is 101 Å². The Morgan fingerprint density at radius 1 is 0.694 bits per heavy atom. The van der Waals surface area contributed by atoms with E-state index >= 15 is 0 Å². The average molecular weight is 979 g/mol. The number of phenolic OH excluding ortho intramolecular Hbond substituents is 1. The van der Waals surface area contributed by atoms with E-state index in [0.717, 1.165) is 84.7 Å². The van der Waals surface area contributed by atoms with Gasteiger partial charge in [-0.25, -0.2) is 9.59 Å². The van der Waals surface area contributed by atoms with Crippen molar-refractivity contribution < 1.29 is 38.6 Å². The first-order chi connectivity index (χ1) is 34.2. The zero-order valence-corrected chi connectivity index (χ0v) is 43.3. The lowest BCUT2D eigenvalue weighted by molar-refractivity contribution is -0.150. The minimum Gasteiger partial charge on any atom is -0.508 e. The molecule has 0 aliphatic heterocycles. The number of imide groups is 1. The first kappa shape index (κ1) is 50.8. The number of nitrogens with one attached hydrogen (secondary N) is 4. The van der Waals surface area contributed by atoms with Crippen molar-refractivity contribution in [1.82, 2.24) is 16.0 Å². The molecular formula is C60H74N4O8. The molecule has 0 bridgehead atoms. The van der Waals surface area contributed by atoms with Crippen LogP contribution >= 0.6 is 0 Å². The molecular weight excluding hydrogens is 905 g/mol. The molecule has 12 heteroatoms. The molecule has 0 heterocycles. The third-order valence-corrected chi connectivity index (χ3v) is 17.8. The number of phenols is 1. The van der Waals surface area contributed by atoms with Crippen molar-refractivity contribution in [2.24, 2.45) is 22.7 Å². The van der Waals surface area contributed by atoms with Gasteiger partial charge < -0.3 is 30.5 Å². The molecule has 0 spiro atoms. The quantitative estimate of drug-likeness (QED) is 0.0689. The van der Waals surface area contributed by atoms with Gasteiger partial charge in [-0.3, -0.25) is 19.7 Å². The molecule has 4 aromatic carbocycles. The summed E-state index contributed by atoms with van der Waals surface area (Å²) >= 11 is 0. The number of hydrogen-bond donors (Lipinski definition) is 5. The third kappa shape index (κ3) is 9.62. The van der Waals surface area contributed by atoms with Crippen molar-refractivity contribution in [3.63, 3.8) is 0 Å². The van der Waals surface area contributed by atoms with E-state index in [1.165, 1.54) is 11.1 Å². The molecule has 12 nitrogen and oxygen atoms in total. The summed E-state index contributed by atoms with van der Waals surface area (Å²) in [4.78, 5) is 69.6. The van der Waals surface area contributed by atoms with Crippen LogP contribution in [0.5, 0.6) is 5.75 Å². The molecule has 0 radical (unpaired) electrons. The second-order valence-electron chi connectivity index (χ2n) is 23.5. The Kier molecular flexibility index (Phi) is 13.9. The van der Waals surface area contributed by atoms with E-state index in [1.807, 2.05) is 62.4 Å². The molecule has 0 unspecified atom stereocenters. The van der Waals surface area contributed by atoms with Crippen LogP contribution in [0.3, 0.4) is 0 Å². The summed E-state index contributed by atoms with van der Waals surface area (Å²) in [5.41, 5.74) is 6.81. The number of carbonyl (C=O) groups excluding carboxylic acids is 5. The van der Waals surface area contributed by atoms with Gasteiger partial charge in [0.1, 0.15) is 24.0 Å². The van der Waals surface area contributed by atoms with Crippen LogP contribution in [0.4, 0.5) is 15.3 Å². The lowest BCUT2D eigenvalue weighted by Crippen LogP contribution is -2.60. The number of hydrogen-bond acceptors (Lipinski definition) is 8. The standard InChI is InChI=1S/C60H74N4O8/c1-56(2,3)72-55(70)63-48(20-12-13-33-61-54(69)71-36-45-43-18-10-8-16-41(43)42-17-9-11-19-44(42)45)51(66)62-39-25-21-37-23-27-49-57(4,46(37)34-39)29-14-31-59(49,6)52(67)64-53(68)60(7)32-15-30-58(5)47-35-40(65)26-22-38(47)24-28-50(58)60/h8-11,16-19,21-22,25-26,34-35,45,48-50,65H,12-15,20,23-24,27-33,36H2,1-7H3,(H,61,69)(H,62,66)(H,63,70)(H,64,67,68)/t48-,49+,50+,57+,58+,59-,60-/m0/s1. The van der Waals surface area contributed by atoms with E-state index in [9.17, 15) is 29.1 Å². The third-order valence-electron chi connectivity index (χ3n) is 17.8. The number of ether oxygens (including phenoxy) is 2. The molecule has 0 saturated heterocycles. The number of unbranched alkanes of at least 4 members (excludes halogenated alkanes) is 1. The van der Waals surface area contributed by atoms with E-state index in [0.29, 0.717) is 44.3 Å². The minimum absolute atomic E-state index is 0.0261. The van der Waals surface area contributed by atoms with Gasteiger partial charge in [-0.05, 0) is 183 Å². The predicted molar refractivity (Wildman–Crippen MR) is 279 cm³/mol. The van der Waals surface area contributed by atoms with Crippen LogP contribution in [-0.2, 0) is 47.5 Å². The second-order valence-corrected chi connectivity index (χ2v) is 23.5. The molecule has 5 amide bonds. The summed E-state index contributed by atoms with van der Waals surface area (Å²) in [5.74, 6) is -0.619. The highest BCUT2D eigenvalue weighted by Gasteiger charge is 2.58. The first-order valence-corrected chi connectivity index (χ1v) is 26.4. The maximum atomic E-state index is 14.8. The molecule has 5 N–H and O–H groups in total. The fourth-order valence-electron chi connectivity index (χ4n) is 14.2. The number of aromatic hydroxyl groups is 1. The van der Waals surface area contributed by atoms with Gasteiger partial charge >= 0.3 is 12.2 Å². The second kappa shape index (κ2) is 19.7. The maximum absolute atomic E-state index is 14.8. The lowest BCUT2D eigenvalue weighted by Gasteiger charge is -2.56. The summed E-state index contributed by atoms with van der Waals surface area (Å²) in [6.45, 7) is 14.4. The Balaban J connectivity index is 0.834. The topological polar surface area (TPSA) is 172 Å². The van der Waals surface area contributed by atoms with Crippen LogP contribution in [0, 0.1) is 22.7 Å². The summed E-state index contributed by atoms with van der Waals surface area (Å²) in [7, 11) is 0. The fraction of sp³-hybridized carbons (Fsp3) is 0.517. The minimum atomic E-state index is -0.924. The Labute approximate surface area is 425 Å². The fourth-order valence-corrected chi connectivity index (χ4v) is 14.2. The van der Waals surface area contributed by atoms with Crippen LogP contribution in [0.25, 0.3) is 11.1 Å². The predicted octanol–water partition coefficient (Wildman–Crippen LogP) is 11.3. The number of benzene rings is 4. The molecule has 4 aromatic rings. The highest BCUT2D eigenvalue weighted by atomic mass is 16.6. The van der Waals surface area contributed by atoms with Gasteiger partial charge in [0, 0.05) is 18.2 Å². The van der Waals surface area contributed by atoms with Gasteiger partial charge in [-0.2, -0.15) is 0 Å². The molecule has 72 heavy (non-hydrogen) atoms. The number of carbonyl (C=O) groups is 5. The van der Waals surface area contributed by atoms with Gasteiger partial charge in [0.05, 0.1) is 10.8 Å². The van der Waals surface area contributed by atoms with Gasteiger partial charge in [-0.15, -0.1) is 0 Å². The molecule has 9 rings (SSSR count). The summed E-state index contributed by atoms with van der Waals surface area (Å²) in [6.07, 6.45) is 8.20. The van der Waals surface area contributed by atoms with E-state index in [2.05, 4.69) is 65.4 Å². The van der Waals surface area contributed by atoms with Crippen LogP contribution in [-0.4, -0.2) is 59.8 Å². The monoisotopic (exact) mass is 979 g/mol. The number of rotatable bonds is 12. The zero-order chi connectivity index (χ0) is 51.2. The maximum Gasteiger partial charge on any atom is 0.408 e. The lowest BCUT2D eigenvalue weighted by atomic mass is 9.49. The Morgan fingerprint density at radius 3 is 1.83 bits per heavy atom. The zero-order valence-electron chi connectivity index (χ0n) is 43.3. The van der Waals surface area contributed by atoms with Crippen LogP contribution in [0.1, 0.15) is 158 Å². The number of fused-ring (bicyclic) bond motifs is 9. The Hall–Kier alpha value is -6.17. The van der Waals surface area contributed by atoms with E-state index in [-0.39, 0.29) is 53.2 Å². The van der Waals surface area contributed by atoms with Crippen LogP contribution in [0.2, 0.25) is 0 Å². The van der Waals surface area contributed by atoms with Crippen LogP contribution < -0.4 is 21.3 Å². The van der Waals surface area contributed by atoms with Crippen molar-refractivity contribution in [1.29, 1.82) is 0 Å². The van der Waals surface area contributed by atoms with Crippen molar-refractivity contribution in [3.8, 4) is 16.9 Å². The van der Waals surface area contributed by atoms with Crippen molar-refractivity contribution in [3.05, 3.63) is 118 Å². The highest BCUT2D eigenvalue weighted by molar-refractivity contribution is 6.01. The summed E-state index contributed by atoms with van der Waals surface area (Å²) < 4.78 is 11.3. The summed E-state index contributed by atoms with van der Waals surface area (Å²) in [5, 5.41) is 22.3. The van der Waals surface area contributed by atoms with Crippen molar-refractivity contribution >= 4 is 35.6 Å². The molecule has 7 atom stereocenters. The number of aryl methyl sites for hydroxylation is 2. The molecule has 2 fully saturated rings. The number of amides is 5. The van der Waals surface area contributed by atoms with Crippen molar-refractivity contribution in [2.45, 2.75) is 160 Å². The largest absolute Gasteiger partial charge is 0.508 e. The normalized spacial score (nSPS) is 26.4. The van der Waals surface area contributed by atoms with E-state index in [1.54, 1.807) is 26.8 Å². The molecule has 0 aromatic heterocycles. The SMILES string of the molecule is CC(C)(C)OC(=O)N[C@@H](CCCCNC(=O)OCC1c2ccccc2-c2ccccc21)C(=O)Nc1ccc2c(c1)[C@@]1(C)CCC[C@](C)(C(=O)NC(=O)[C@@]3(C)CCC[C@]4(C)c5cc(O)ccc5CC[C@@H]34)[C@@H]1CC2. The number of anilines is 1. The van der Waals surface area contributed by atoms with Gasteiger partial charge in [0.15, 0.2) is 0 Å². The summed E-state index contributed by atoms with van der Waals surface area (Å²) in [6, 6.07) is 27.1. The molecule has 2 saturated carbocycles. The van der Waals surface area contributed by atoms with Crippen LogP contribution in [0.15, 0.2) is 84.9 Å². The highest BCUT2D eigenvalue weighted by Crippen LogP contribution is 2.60. The van der Waals surface area contributed by atoms with Gasteiger partial charge in [0.2, 0.25) is 17.7 Å². The first-order valence-electron chi connectivity index (χ1n) is 26.4. The molecule has 382 valence electrons. The Bertz CT molecular complexity index is 2720. The number of alkyl carbamates (subject to hydrolysis) is 2. The average Bonchev–Trinajstić information content (AvgIpc) is 3.65. The Morgan fingerprint density at radius 2 is 1.25 bits per heavy atom. The van der Waals surface area contributed by atoms with Gasteiger partial charge in [0.25, 0.3) is 0 Å². The van der Waals surface area contributed by atoms with E-state index in [4.69, 9.17) is 9.47 Å². The van der Waals surface area contributed by atoms with E-state index < -0.39 is 40.1 Å².